The van der Waals surface area contributed by atoms with E-state index in [1.807, 2.05) is 24.3 Å². The summed E-state index contributed by atoms with van der Waals surface area (Å²) in [6.07, 6.45) is 2.67. The van der Waals surface area contributed by atoms with Crippen LogP contribution in [0.15, 0.2) is 51.9 Å². The summed E-state index contributed by atoms with van der Waals surface area (Å²) >= 11 is 3.51. The molecule has 4 nitrogen and oxygen atoms in total. The van der Waals surface area contributed by atoms with Crippen LogP contribution in [0.25, 0.3) is 16.5 Å². The van der Waals surface area contributed by atoms with Crippen molar-refractivity contribution in [2.45, 2.75) is 13.3 Å². The number of methoxy groups -OCH3 is 1. The lowest BCUT2D eigenvalue weighted by Gasteiger charge is -2.12. The molecule has 1 heterocycles. The van der Waals surface area contributed by atoms with E-state index < -0.39 is 0 Å². The Morgan fingerprint density at radius 1 is 1.25 bits per heavy atom. The zero-order chi connectivity index (χ0) is 17.3. The SMILES string of the molecule is CCc1ccc(-n2cc(Br)c3cc(OC)cc(C#N)c3c2=O)cc1. The Labute approximate surface area is 148 Å². The second kappa shape index (κ2) is 6.50. The van der Waals surface area contributed by atoms with Gasteiger partial charge in [0.2, 0.25) is 0 Å². The number of halogens is 1. The number of pyridine rings is 1. The molecule has 0 saturated carbocycles. The number of aromatic nitrogens is 1. The molecule has 0 aliphatic rings. The van der Waals surface area contributed by atoms with Crippen molar-refractivity contribution in [1.82, 2.24) is 4.57 Å². The summed E-state index contributed by atoms with van der Waals surface area (Å²) in [5.74, 6) is 0.546. The molecule has 0 unspecified atom stereocenters. The first-order chi connectivity index (χ1) is 11.6. The largest absolute Gasteiger partial charge is 0.497 e. The Morgan fingerprint density at radius 3 is 2.54 bits per heavy atom. The van der Waals surface area contributed by atoms with E-state index in [-0.39, 0.29) is 5.56 Å². The van der Waals surface area contributed by atoms with Crippen LogP contribution in [-0.4, -0.2) is 11.7 Å². The number of aryl methyl sites for hydroxylation is 1. The van der Waals surface area contributed by atoms with Crippen LogP contribution < -0.4 is 10.3 Å². The van der Waals surface area contributed by atoms with Gasteiger partial charge in [-0.1, -0.05) is 19.1 Å². The molecule has 0 radical (unpaired) electrons. The van der Waals surface area contributed by atoms with Gasteiger partial charge in [-0.05, 0) is 52.2 Å². The topological polar surface area (TPSA) is 55.0 Å². The van der Waals surface area contributed by atoms with E-state index in [4.69, 9.17) is 4.74 Å². The number of hydrogen-bond donors (Lipinski definition) is 0. The molecule has 0 amide bonds. The molecule has 120 valence electrons. The molecular weight excluding hydrogens is 368 g/mol. The Balaban J connectivity index is 2.34. The molecule has 0 atom stereocenters. The van der Waals surface area contributed by atoms with Gasteiger partial charge < -0.3 is 4.74 Å². The molecule has 0 fully saturated rings. The molecule has 0 bridgehead atoms. The molecule has 3 rings (SSSR count). The van der Waals surface area contributed by atoms with Gasteiger partial charge in [0.05, 0.1) is 18.1 Å². The van der Waals surface area contributed by atoms with Gasteiger partial charge in [0.15, 0.2) is 0 Å². The molecule has 5 heteroatoms. The van der Waals surface area contributed by atoms with E-state index in [0.717, 1.165) is 16.6 Å². The number of rotatable bonds is 3. The van der Waals surface area contributed by atoms with E-state index in [1.165, 1.54) is 12.7 Å². The van der Waals surface area contributed by atoms with Crippen LogP contribution in [0.1, 0.15) is 18.1 Å². The van der Waals surface area contributed by atoms with Gasteiger partial charge >= 0.3 is 0 Å². The zero-order valence-corrected chi connectivity index (χ0v) is 14.9. The predicted octanol–water partition coefficient (Wildman–Crippen LogP) is 4.20. The maximum absolute atomic E-state index is 13.0. The van der Waals surface area contributed by atoms with Crippen LogP contribution in [0, 0.1) is 11.3 Å². The number of benzene rings is 2. The first kappa shape index (κ1) is 16.3. The highest BCUT2D eigenvalue weighted by Gasteiger charge is 2.14. The van der Waals surface area contributed by atoms with Gasteiger partial charge in [-0.3, -0.25) is 9.36 Å². The average Bonchev–Trinajstić information content (AvgIpc) is 2.63. The van der Waals surface area contributed by atoms with Crippen molar-refractivity contribution >= 4 is 26.7 Å². The lowest BCUT2D eigenvalue weighted by molar-refractivity contribution is 0.415. The summed E-state index contributed by atoms with van der Waals surface area (Å²) in [5, 5.41) is 10.5. The van der Waals surface area contributed by atoms with Crippen LogP contribution in [0.4, 0.5) is 0 Å². The van der Waals surface area contributed by atoms with E-state index in [1.54, 1.807) is 22.9 Å². The normalized spacial score (nSPS) is 10.6. The Hall–Kier alpha value is -2.58. The van der Waals surface area contributed by atoms with E-state index >= 15 is 0 Å². The van der Waals surface area contributed by atoms with Gasteiger partial charge in [0, 0.05) is 21.7 Å². The average molecular weight is 383 g/mol. The predicted molar refractivity (Wildman–Crippen MR) is 97.9 cm³/mol. The fourth-order valence-corrected chi connectivity index (χ4v) is 3.20. The van der Waals surface area contributed by atoms with Crippen LogP contribution in [0.3, 0.4) is 0 Å². The molecular formula is C19H15BrN2O2. The molecule has 2 aromatic carbocycles. The summed E-state index contributed by atoms with van der Waals surface area (Å²) in [6.45, 7) is 2.08. The van der Waals surface area contributed by atoms with Crippen molar-refractivity contribution in [2.75, 3.05) is 7.11 Å². The third kappa shape index (κ3) is 2.70. The minimum Gasteiger partial charge on any atom is -0.497 e. The second-order valence-electron chi connectivity index (χ2n) is 5.38. The summed E-state index contributed by atoms with van der Waals surface area (Å²) < 4.78 is 7.50. The standard InChI is InChI=1S/C19H15BrN2O2/c1-3-12-4-6-14(7-5-12)22-11-17(20)16-9-15(24-2)8-13(10-21)18(16)19(22)23/h4-9,11H,3H2,1-2H3. The maximum Gasteiger partial charge on any atom is 0.264 e. The van der Waals surface area contributed by atoms with Gasteiger partial charge in [-0.2, -0.15) is 5.26 Å². The number of nitrogens with zero attached hydrogens (tertiary/aromatic N) is 2. The first-order valence-electron chi connectivity index (χ1n) is 7.51. The van der Waals surface area contributed by atoms with E-state index in [2.05, 4.69) is 28.9 Å². The van der Waals surface area contributed by atoms with Gasteiger partial charge in [-0.15, -0.1) is 0 Å². The summed E-state index contributed by atoms with van der Waals surface area (Å²) in [4.78, 5) is 13.0. The van der Waals surface area contributed by atoms with E-state index in [0.29, 0.717) is 22.1 Å². The monoisotopic (exact) mass is 382 g/mol. The van der Waals surface area contributed by atoms with Crippen LogP contribution in [-0.2, 0) is 6.42 Å². The summed E-state index contributed by atoms with van der Waals surface area (Å²) in [5.41, 5.74) is 2.04. The summed E-state index contributed by atoms with van der Waals surface area (Å²) in [6, 6.07) is 13.3. The maximum atomic E-state index is 13.0. The van der Waals surface area contributed by atoms with Gasteiger partial charge in [0.1, 0.15) is 11.8 Å². The molecule has 0 N–H and O–H groups in total. The number of nitriles is 1. The van der Waals surface area contributed by atoms with Crippen LogP contribution in [0.2, 0.25) is 0 Å². The fourth-order valence-electron chi connectivity index (χ4n) is 2.69. The molecule has 0 aliphatic carbocycles. The Bertz CT molecular complexity index is 1010. The molecule has 0 aliphatic heterocycles. The quantitative estimate of drug-likeness (QED) is 0.681. The van der Waals surface area contributed by atoms with Crippen molar-refractivity contribution in [2.24, 2.45) is 0 Å². The highest BCUT2D eigenvalue weighted by atomic mass is 79.9. The third-order valence-electron chi connectivity index (χ3n) is 4.02. The smallest absolute Gasteiger partial charge is 0.264 e. The fraction of sp³-hybridized carbons (Fsp3) is 0.158. The second-order valence-corrected chi connectivity index (χ2v) is 6.24. The molecule has 3 aromatic rings. The highest BCUT2D eigenvalue weighted by molar-refractivity contribution is 9.10. The Morgan fingerprint density at radius 2 is 1.96 bits per heavy atom. The molecule has 1 aromatic heterocycles. The Kier molecular flexibility index (Phi) is 4.41. The number of fused-ring (bicyclic) bond motifs is 1. The molecule has 0 spiro atoms. The lowest BCUT2D eigenvalue weighted by Crippen LogP contribution is -2.19. The number of hydrogen-bond acceptors (Lipinski definition) is 3. The van der Waals surface area contributed by atoms with Crippen LogP contribution >= 0.6 is 15.9 Å². The van der Waals surface area contributed by atoms with Crippen LogP contribution in [0.5, 0.6) is 5.75 Å². The highest BCUT2D eigenvalue weighted by Crippen LogP contribution is 2.29. The van der Waals surface area contributed by atoms with Crippen molar-refractivity contribution in [1.29, 1.82) is 5.26 Å². The minimum atomic E-state index is -0.225. The lowest BCUT2D eigenvalue weighted by atomic mass is 10.1. The first-order valence-corrected chi connectivity index (χ1v) is 8.30. The van der Waals surface area contributed by atoms with Gasteiger partial charge in [-0.25, -0.2) is 0 Å². The van der Waals surface area contributed by atoms with Crippen molar-refractivity contribution in [3.8, 4) is 17.5 Å². The van der Waals surface area contributed by atoms with Gasteiger partial charge in [0.25, 0.3) is 5.56 Å². The van der Waals surface area contributed by atoms with E-state index in [9.17, 15) is 10.1 Å². The number of ether oxygens (including phenoxy) is 1. The van der Waals surface area contributed by atoms with Crippen molar-refractivity contribution < 1.29 is 4.74 Å². The van der Waals surface area contributed by atoms with Crippen molar-refractivity contribution in [3.05, 3.63) is 68.5 Å². The minimum absolute atomic E-state index is 0.225. The van der Waals surface area contributed by atoms with Crippen molar-refractivity contribution in [3.63, 3.8) is 0 Å². The third-order valence-corrected chi connectivity index (χ3v) is 4.66. The molecule has 24 heavy (non-hydrogen) atoms. The zero-order valence-electron chi connectivity index (χ0n) is 13.3. The summed E-state index contributed by atoms with van der Waals surface area (Å²) in [7, 11) is 1.53. The molecule has 0 saturated heterocycles.